The Morgan fingerprint density at radius 3 is 2.74 bits per heavy atom. The largest absolute Gasteiger partial charge is 0.465 e. The first-order valence-corrected chi connectivity index (χ1v) is 7.86. The topological polar surface area (TPSA) is 38.3 Å². The molecule has 0 aliphatic carbocycles. The number of rotatable bonds is 8. The molecule has 0 aliphatic heterocycles. The SMILES string of the molecule is CCNC(CSCC(=O)OCC)c1ccccc1C. The Kier molecular flexibility index (Phi) is 7.60. The van der Waals surface area contributed by atoms with Crippen molar-refractivity contribution in [2.24, 2.45) is 0 Å². The van der Waals surface area contributed by atoms with Crippen LogP contribution in [0, 0.1) is 6.92 Å². The summed E-state index contributed by atoms with van der Waals surface area (Å²) in [6.45, 7) is 7.42. The van der Waals surface area contributed by atoms with E-state index in [-0.39, 0.29) is 12.0 Å². The number of hydrogen-bond acceptors (Lipinski definition) is 4. The summed E-state index contributed by atoms with van der Waals surface area (Å²) < 4.78 is 4.93. The van der Waals surface area contributed by atoms with Gasteiger partial charge in [-0.3, -0.25) is 4.79 Å². The number of esters is 1. The smallest absolute Gasteiger partial charge is 0.315 e. The van der Waals surface area contributed by atoms with Crippen molar-refractivity contribution in [2.75, 3.05) is 24.7 Å². The molecule has 1 atom stereocenters. The van der Waals surface area contributed by atoms with E-state index in [0.29, 0.717) is 12.4 Å². The molecule has 4 heteroatoms. The molecule has 1 aromatic rings. The van der Waals surface area contributed by atoms with Gasteiger partial charge in [-0.15, -0.1) is 11.8 Å². The van der Waals surface area contributed by atoms with Crippen molar-refractivity contribution < 1.29 is 9.53 Å². The van der Waals surface area contributed by atoms with E-state index in [1.165, 1.54) is 11.1 Å². The second kappa shape index (κ2) is 8.99. The predicted molar refractivity (Wildman–Crippen MR) is 81.6 cm³/mol. The fraction of sp³-hybridized carbons (Fsp3) is 0.533. The lowest BCUT2D eigenvalue weighted by atomic mass is 10.0. The minimum Gasteiger partial charge on any atom is -0.465 e. The van der Waals surface area contributed by atoms with E-state index in [2.05, 4.69) is 37.4 Å². The summed E-state index contributed by atoms with van der Waals surface area (Å²) in [7, 11) is 0. The highest BCUT2D eigenvalue weighted by Gasteiger charge is 2.13. The molecule has 0 saturated carbocycles. The number of carbonyl (C=O) groups excluding carboxylic acids is 1. The Balaban J connectivity index is 2.54. The molecule has 0 aromatic heterocycles. The van der Waals surface area contributed by atoms with Crippen LogP contribution >= 0.6 is 11.8 Å². The molecule has 1 rings (SSSR count). The number of nitrogens with one attached hydrogen (secondary N) is 1. The average molecular weight is 281 g/mol. The molecular weight excluding hydrogens is 258 g/mol. The second-order valence-electron chi connectivity index (χ2n) is 4.29. The maximum atomic E-state index is 11.3. The van der Waals surface area contributed by atoms with Crippen molar-refractivity contribution in [1.82, 2.24) is 5.32 Å². The van der Waals surface area contributed by atoms with Crippen LogP contribution in [0.1, 0.15) is 31.0 Å². The minimum absolute atomic E-state index is 0.132. The van der Waals surface area contributed by atoms with Gasteiger partial charge in [0.1, 0.15) is 0 Å². The third kappa shape index (κ3) is 5.66. The molecule has 0 bridgehead atoms. The molecule has 1 N–H and O–H groups in total. The lowest BCUT2D eigenvalue weighted by Crippen LogP contribution is -2.24. The Morgan fingerprint density at radius 2 is 2.11 bits per heavy atom. The van der Waals surface area contributed by atoms with E-state index in [0.717, 1.165) is 12.3 Å². The molecule has 0 heterocycles. The van der Waals surface area contributed by atoms with Crippen LogP contribution in [0.5, 0.6) is 0 Å². The average Bonchev–Trinajstić information content (AvgIpc) is 2.39. The van der Waals surface area contributed by atoms with Gasteiger partial charge in [0.05, 0.1) is 12.4 Å². The molecule has 1 aromatic carbocycles. The van der Waals surface area contributed by atoms with Gasteiger partial charge in [0.2, 0.25) is 0 Å². The molecule has 0 spiro atoms. The Labute approximate surface area is 120 Å². The number of hydrogen-bond donors (Lipinski definition) is 1. The highest BCUT2D eigenvalue weighted by atomic mass is 32.2. The van der Waals surface area contributed by atoms with E-state index in [1.54, 1.807) is 11.8 Å². The molecule has 0 radical (unpaired) electrons. The quantitative estimate of drug-likeness (QED) is 0.744. The van der Waals surface area contributed by atoms with Crippen LogP contribution in [0.15, 0.2) is 24.3 Å². The lowest BCUT2D eigenvalue weighted by molar-refractivity contribution is -0.139. The lowest BCUT2D eigenvalue weighted by Gasteiger charge is -2.19. The van der Waals surface area contributed by atoms with E-state index in [9.17, 15) is 4.79 Å². The molecule has 1 unspecified atom stereocenters. The van der Waals surface area contributed by atoms with Gasteiger partial charge in [0.25, 0.3) is 0 Å². The molecule has 0 fully saturated rings. The highest BCUT2D eigenvalue weighted by Crippen LogP contribution is 2.21. The van der Waals surface area contributed by atoms with Gasteiger partial charge in [-0.25, -0.2) is 0 Å². The summed E-state index contributed by atoms with van der Waals surface area (Å²) in [6, 6.07) is 8.66. The molecule has 3 nitrogen and oxygen atoms in total. The zero-order valence-electron chi connectivity index (χ0n) is 11.9. The van der Waals surface area contributed by atoms with Crippen LogP contribution in [0.2, 0.25) is 0 Å². The molecule has 19 heavy (non-hydrogen) atoms. The van der Waals surface area contributed by atoms with Crippen LogP contribution in [0.3, 0.4) is 0 Å². The van der Waals surface area contributed by atoms with Gasteiger partial charge in [-0.1, -0.05) is 31.2 Å². The minimum atomic E-state index is -0.132. The number of ether oxygens (including phenoxy) is 1. The van der Waals surface area contributed by atoms with Gasteiger partial charge in [0.15, 0.2) is 0 Å². The van der Waals surface area contributed by atoms with Crippen molar-refractivity contribution in [3.63, 3.8) is 0 Å². The summed E-state index contributed by atoms with van der Waals surface area (Å²) in [5, 5.41) is 3.47. The first-order chi connectivity index (χ1) is 9.19. The van der Waals surface area contributed by atoms with Gasteiger partial charge in [-0.2, -0.15) is 0 Å². The summed E-state index contributed by atoms with van der Waals surface area (Å²) in [4.78, 5) is 11.3. The van der Waals surface area contributed by atoms with E-state index in [4.69, 9.17) is 4.74 Å². The maximum Gasteiger partial charge on any atom is 0.315 e. The first kappa shape index (κ1) is 16.1. The molecule has 0 saturated heterocycles. The Morgan fingerprint density at radius 1 is 1.37 bits per heavy atom. The summed E-state index contributed by atoms with van der Waals surface area (Å²) in [6.07, 6.45) is 0. The number of aryl methyl sites for hydroxylation is 1. The normalized spacial score (nSPS) is 12.2. The monoisotopic (exact) mass is 281 g/mol. The molecule has 0 aliphatic rings. The summed E-state index contributed by atoms with van der Waals surface area (Å²) >= 11 is 1.62. The summed E-state index contributed by atoms with van der Waals surface area (Å²) in [5.41, 5.74) is 2.59. The highest BCUT2D eigenvalue weighted by molar-refractivity contribution is 7.99. The van der Waals surface area contributed by atoms with Crippen LogP contribution < -0.4 is 5.32 Å². The zero-order valence-corrected chi connectivity index (χ0v) is 12.8. The van der Waals surface area contributed by atoms with Gasteiger partial charge in [-0.05, 0) is 31.5 Å². The molecule has 0 amide bonds. The third-order valence-electron chi connectivity index (χ3n) is 2.82. The maximum absolute atomic E-state index is 11.3. The van der Waals surface area contributed by atoms with E-state index < -0.39 is 0 Å². The number of carbonyl (C=O) groups is 1. The van der Waals surface area contributed by atoms with Crippen molar-refractivity contribution in [3.8, 4) is 0 Å². The van der Waals surface area contributed by atoms with E-state index >= 15 is 0 Å². The zero-order chi connectivity index (χ0) is 14.1. The number of benzene rings is 1. The fourth-order valence-electron chi connectivity index (χ4n) is 1.95. The van der Waals surface area contributed by atoms with Crippen LogP contribution in [0.4, 0.5) is 0 Å². The molecule has 106 valence electrons. The third-order valence-corrected chi connectivity index (χ3v) is 3.83. The van der Waals surface area contributed by atoms with Crippen LogP contribution in [-0.2, 0) is 9.53 Å². The first-order valence-electron chi connectivity index (χ1n) is 6.71. The van der Waals surface area contributed by atoms with Gasteiger partial charge in [0, 0.05) is 11.8 Å². The van der Waals surface area contributed by atoms with Crippen molar-refractivity contribution in [2.45, 2.75) is 26.8 Å². The molecular formula is C15H23NO2S. The van der Waals surface area contributed by atoms with Crippen LogP contribution in [-0.4, -0.2) is 30.6 Å². The Hall–Kier alpha value is -1.00. The second-order valence-corrected chi connectivity index (χ2v) is 5.32. The van der Waals surface area contributed by atoms with Crippen molar-refractivity contribution >= 4 is 17.7 Å². The fourth-order valence-corrected chi connectivity index (χ4v) is 2.85. The Bertz CT molecular complexity index is 395. The summed E-state index contributed by atoms with van der Waals surface area (Å²) in [5.74, 6) is 1.16. The predicted octanol–water partition coefficient (Wildman–Crippen LogP) is 2.94. The van der Waals surface area contributed by atoms with Crippen molar-refractivity contribution in [1.29, 1.82) is 0 Å². The van der Waals surface area contributed by atoms with E-state index in [1.807, 2.05) is 13.0 Å². The van der Waals surface area contributed by atoms with Crippen molar-refractivity contribution in [3.05, 3.63) is 35.4 Å². The number of thioether (sulfide) groups is 1. The van der Waals surface area contributed by atoms with Gasteiger partial charge < -0.3 is 10.1 Å². The van der Waals surface area contributed by atoms with Crippen LogP contribution in [0.25, 0.3) is 0 Å². The van der Waals surface area contributed by atoms with Gasteiger partial charge >= 0.3 is 5.97 Å². The standard InChI is InChI=1S/C15H23NO2S/c1-4-16-14(10-19-11-15(17)18-5-2)13-9-7-6-8-12(13)3/h6-9,14,16H,4-5,10-11H2,1-3H3.